The normalized spacial score (nSPS) is 20.0. The van der Waals surface area contributed by atoms with E-state index in [-0.39, 0.29) is 11.2 Å². The Balaban J connectivity index is 1.91. The summed E-state index contributed by atoms with van der Waals surface area (Å²) in [5, 5.41) is 0. The second-order valence-electron chi connectivity index (χ2n) is 6.13. The molecule has 0 N–H and O–H groups in total. The molecule has 1 aliphatic heterocycles. The first-order valence-electron chi connectivity index (χ1n) is 6.80. The van der Waals surface area contributed by atoms with E-state index in [1.165, 1.54) is 0 Å². The lowest BCUT2D eigenvalue weighted by molar-refractivity contribution is 0.00578. The van der Waals surface area contributed by atoms with Gasteiger partial charge in [-0.1, -0.05) is 0 Å². The zero-order valence-electron chi connectivity index (χ0n) is 12.5. The molecule has 0 radical (unpaired) electrons. The Labute approximate surface area is 133 Å². The van der Waals surface area contributed by atoms with Crippen molar-refractivity contribution in [2.75, 3.05) is 0 Å². The van der Waals surface area contributed by atoms with Crippen molar-refractivity contribution in [1.82, 2.24) is 14.5 Å². The number of aromatic nitrogens is 3. The van der Waals surface area contributed by atoms with E-state index < -0.39 is 7.12 Å². The van der Waals surface area contributed by atoms with Gasteiger partial charge in [-0.2, -0.15) is 0 Å². The predicted molar refractivity (Wildman–Crippen MR) is 84.8 cm³/mol. The number of imidazole rings is 1. The molecular weight excluding hydrogens is 333 g/mol. The van der Waals surface area contributed by atoms with Gasteiger partial charge in [0.2, 0.25) is 0 Å². The predicted octanol–water partition coefficient (Wildman–Crippen LogP) is 2.33. The van der Waals surface area contributed by atoms with Crippen molar-refractivity contribution >= 4 is 28.6 Å². The molecule has 2 aromatic heterocycles. The Bertz CT molecular complexity index is 656. The molecule has 0 saturated carbocycles. The first-order valence-corrected chi connectivity index (χ1v) is 7.59. The zero-order chi connectivity index (χ0) is 15.3. The van der Waals surface area contributed by atoms with Crippen LogP contribution in [0, 0.1) is 0 Å². The summed E-state index contributed by atoms with van der Waals surface area (Å²) in [7, 11) is -0.457. The Kier molecular flexibility index (Phi) is 3.46. The lowest BCUT2D eigenvalue weighted by Gasteiger charge is -2.32. The molecule has 0 aliphatic carbocycles. The second kappa shape index (κ2) is 4.93. The molecular formula is C14H17BBrN3O2. The summed E-state index contributed by atoms with van der Waals surface area (Å²) in [4.78, 5) is 8.55. The summed E-state index contributed by atoms with van der Waals surface area (Å²) in [5.41, 5.74) is 0.990. The van der Waals surface area contributed by atoms with Gasteiger partial charge < -0.3 is 13.9 Å². The van der Waals surface area contributed by atoms with Gasteiger partial charge in [0, 0.05) is 18.1 Å². The molecule has 110 valence electrons. The lowest BCUT2D eigenvalue weighted by Crippen LogP contribution is -2.41. The van der Waals surface area contributed by atoms with E-state index in [0.717, 1.165) is 15.9 Å². The number of halogens is 1. The van der Waals surface area contributed by atoms with E-state index in [1.54, 1.807) is 12.5 Å². The Hall–Kier alpha value is -1.18. The van der Waals surface area contributed by atoms with Crippen molar-refractivity contribution in [3.8, 4) is 5.69 Å². The van der Waals surface area contributed by atoms with E-state index in [0.29, 0.717) is 0 Å². The number of pyridine rings is 1. The zero-order valence-corrected chi connectivity index (χ0v) is 14.1. The number of nitrogens with zero attached hydrogens (tertiary/aromatic N) is 3. The molecule has 1 fully saturated rings. The summed E-state index contributed by atoms with van der Waals surface area (Å²) >= 11 is 3.35. The number of hydrogen-bond acceptors (Lipinski definition) is 4. The lowest BCUT2D eigenvalue weighted by atomic mass is 9.84. The smallest absolute Gasteiger partial charge is 0.398 e. The van der Waals surface area contributed by atoms with Gasteiger partial charge in [-0.15, -0.1) is 0 Å². The maximum Gasteiger partial charge on any atom is 0.514 e. The first-order chi connectivity index (χ1) is 9.78. The quantitative estimate of drug-likeness (QED) is 0.781. The topological polar surface area (TPSA) is 49.2 Å². The fourth-order valence-corrected chi connectivity index (χ4v) is 2.44. The molecule has 3 heterocycles. The third kappa shape index (κ3) is 2.65. The van der Waals surface area contributed by atoms with Crippen LogP contribution < -0.4 is 5.59 Å². The fraction of sp³-hybridized carbons (Fsp3) is 0.429. The molecule has 2 aromatic rings. The van der Waals surface area contributed by atoms with Gasteiger partial charge in [-0.3, -0.25) is 4.98 Å². The van der Waals surface area contributed by atoms with Gasteiger partial charge in [0.05, 0.1) is 16.8 Å². The highest BCUT2D eigenvalue weighted by Gasteiger charge is 2.52. The van der Waals surface area contributed by atoms with Crippen LogP contribution in [0.1, 0.15) is 27.7 Å². The van der Waals surface area contributed by atoms with Crippen molar-refractivity contribution in [3.63, 3.8) is 0 Å². The minimum atomic E-state index is -0.457. The summed E-state index contributed by atoms with van der Waals surface area (Å²) in [6.07, 6.45) is 5.39. The standard InChI is InChI=1S/C14H17BBrN3O2/c1-13(2)14(3,4)21-15(20-13)11-7-10(5-6-17-11)19-8-12(16)18-9-19/h5-9H,1-4H3. The van der Waals surface area contributed by atoms with E-state index in [2.05, 4.69) is 25.9 Å². The number of hydrogen-bond donors (Lipinski definition) is 0. The summed E-state index contributed by atoms with van der Waals surface area (Å²) in [5.74, 6) is 0. The molecule has 0 amide bonds. The average molecular weight is 350 g/mol. The highest BCUT2D eigenvalue weighted by Crippen LogP contribution is 2.36. The molecule has 5 nitrogen and oxygen atoms in total. The molecule has 21 heavy (non-hydrogen) atoms. The van der Waals surface area contributed by atoms with Crippen molar-refractivity contribution in [3.05, 3.63) is 35.5 Å². The van der Waals surface area contributed by atoms with Gasteiger partial charge in [-0.05, 0) is 55.8 Å². The largest absolute Gasteiger partial charge is 0.514 e. The number of rotatable bonds is 2. The van der Waals surface area contributed by atoms with Crippen molar-refractivity contribution in [1.29, 1.82) is 0 Å². The van der Waals surface area contributed by atoms with Gasteiger partial charge in [-0.25, -0.2) is 4.98 Å². The van der Waals surface area contributed by atoms with Crippen LogP contribution >= 0.6 is 15.9 Å². The molecule has 0 aromatic carbocycles. The molecule has 0 bridgehead atoms. The van der Waals surface area contributed by atoms with E-state index in [4.69, 9.17) is 9.31 Å². The molecule has 3 rings (SSSR count). The third-order valence-electron chi connectivity index (χ3n) is 4.11. The minimum absolute atomic E-state index is 0.368. The van der Waals surface area contributed by atoms with Crippen LogP contribution in [0.5, 0.6) is 0 Å². The van der Waals surface area contributed by atoms with Crippen LogP contribution in [0.15, 0.2) is 35.5 Å². The van der Waals surface area contributed by atoms with Crippen LogP contribution in [0.4, 0.5) is 0 Å². The SMILES string of the molecule is CC1(C)OB(c2cc(-n3cnc(Br)c3)ccn2)OC1(C)C. The van der Waals surface area contributed by atoms with Crippen LogP contribution in [0.25, 0.3) is 5.69 Å². The summed E-state index contributed by atoms with van der Waals surface area (Å²) < 4.78 is 14.8. The van der Waals surface area contributed by atoms with Gasteiger partial charge in [0.15, 0.2) is 0 Å². The minimum Gasteiger partial charge on any atom is -0.398 e. The van der Waals surface area contributed by atoms with E-state index in [1.807, 2.05) is 50.6 Å². The monoisotopic (exact) mass is 349 g/mol. The van der Waals surface area contributed by atoms with Crippen molar-refractivity contribution in [2.24, 2.45) is 0 Å². The molecule has 0 atom stereocenters. The summed E-state index contributed by atoms with van der Waals surface area (Å²) in [6, 6.07) is 3.87. The second-order valence-corrected chi connectivity index (χ2v) is 6.94. The fourth-order valence-electron chi connectivity index (χ4n) is 2.13. The van der Waals surface area contributed by atoms with Crippen molar-refractivity contribution < 1.29 is 9.31 Å². The molecule has 1 saturated heterocycles. The van der Waals surface area contributed by atoms with Gasteiger partial charge in [0.1, 0.15) is 10.9 Å². The Morgan fingerprint density at radius 2 is 1.81 bits per heavy atom. The van der Waals surface area contributed by atoms with Crippen LogP contribution in [0.2, 0.25) is 0 Å². The maximum absolute atomic E-state index is 6.03. The van der Waals surface area contributed by atoms with Crippen LogP contribution in [-0.4, -0.2) is 32.9 Å². The van der Waals surface area contributed by atoms with E-state index in [9.17, 15) is 0 Å². The summed E-state index contributed by atoms with van der Waals surface area (Å²) in [6.45, 7) is 8.13. The van der Waals surface area contributed by atoms with Crippen molar-refractivity contribution in [2.45, 2.75) is 38.9 Å². The first kappa shape index (κ1) is 14.7. The Morgan fingerprint density at radius 1 is 1.14 bits per heavy atom. The average Bonchev–Trinajstić information content (AvgIpc) is 2.92. The molecule has 0 unspecified atom stereocenters. The van der Waals surface area contributed by atoms with E-state index >= 15 is 0 Å². The Morgan fingerprint density at radius 3 is 2.38 bits per heavy atom. The molecule has 0 spiro atoms. The highest BCUT2D eigenvalue weighted by molar-refractivity contribution is 9.10. The van der Waals surface area contributed by atoms with Crippen LogP contribution in [0.3, 0.4) is 0 Å². The highest BCUT2D eigenvalue weighted by atomic mass is 79.9. The van der Waals surface area contributed by atoms with Gasteiger partial charge >= 0.3 is 7.12 Å². The third-order valence-corrected chi connectivity index (χ3v) is 4.52. The molecule has 1 aliphatic rings. The van der Waals surface area contributed by atoms with Crippen LogP contribution in [-0.2, 0) is 9.31 Å². The maximum atomic E-state index is 6.03. The molecule has 7 heteroatoms. The van der Waals surface area contributed by atoms with Gasteiger partial charge in [0.25, 0.3) is 0 Å².